The molecule has 0 spiro atoms. The van der Waals surface area contributed by atoms with E-state index in [9.17, 15) is 4.79 Å². The molecule has 0 fully saturated rings. The van der Waals surface area contributed by atoms with Crippen LogP contribution < -0.4 is 5.32 Å². The first-order chi connectivity index (χ1) is 10.1. The standard InChI is InChI=1S/C17H27NO2S/c1-14-7-8-16(13-15(14)2)21-12-9-17(20)18-10-5-3-4-6-11-19/h7-8,13,19H,3-6,9-12H2,1-2H3,(H,18,20). The van der Waals surface area contributed by atoms with Gasteiger partial charge in [0.05, 0.1) is 0 Å². The molecule has 0 aliphatic rings. The Morgan fingerprint density at radius 3 is 2.62 bits per heavy atom. The van der Waals surface area contributed by atoms with Gasteiger partial charge >= 0.3 is 0 Å². The van der Waals surface area contributed by atoms with Crippen LogP contribution in [0.2, 0.25) is 0 Å². The topological polar surface area (TPSA) is 49.3 Å². The third-order valence-corrected chi connectivity index (χ3v) is 4.48. The van der Waals surface area contributed by atoms with Crippen LogP contribution in [0.25, 0.3) is 0 Å². The van der Waals surface area contributed by atoms with Crippen LogP contribution in [-0.2, 0) is 4.79 Å². The minimum absolute atomic E-state index is 0.133. The highest BCUT2D eigenvalue weighted by atomic mass is 32.2. The summed E-state index contributed by atoms with van der Waals surface area (Å²) < 4.78 is 0. The smallest absolute Gasteiger partial charge is 0.220 e. The summed E-state index contributed by atoms with van der Waals surface area (Å²) in [6.45, 7) is 5.24. The van der Waals surface area contributed by atoms with Crippen molar-refractivity contribution in [3.05, 3.63) is 29.3 Å². The van der Waals surface area contributed by atoms with Crippen molar-refractivity contribution in [1.29, 1.82) is 0 Å². The molecule has 0 atom stereocenters. The summed E-state index contributed by atoms with van der Waals surface area (Å²) in [4.78, 5) is 12.9. The molecule has 0 radical (unpaired) electrons. The molecule has 21 heavy (non-hydrogen) atoms. The molecule has 0 bridgehead atoms. The number of benzene rings is 1. The monoisotopic (exact) mass is 309 g/mol. The van der Waals surface area contributed by atoms with Gasteiger partial charge in [-0.15, -0.1) is 11.8 Å². The maximum Gasteiger partial charge on any atom is 0.220 e. The maximum absolute atomic E-state index is 11.7. The Balaban J connectivity index is 2.09. The van der Waals surface area contributed by atoms with E-state index >= 15 is 0 Å². The minimum Gasteiger partial charge on any atom is -0.396 e. The SMILES string of the molecule is Cc1ccc(SCCC(=O)NCCCCCCO)cc1C. The van der Waals surface area contributed by atoms with E-state index < -0.39 is 0 Å². The van der Waals surface area contributed by atoms with Crippen LogP contribution in [0.3, 0.4) is 0 Å². The predicted molar refractivity (Wildman–Crippen MR) is 89.8 cm³/mol. The number of amides is 1. The minimum atomic E-state index is 0.133. The number of aryl methyl sites for hydroxylation is 2. The van der Waals surface area contributed by atoms with E-state index in [4.69, 9.17) is 5.11 Å². The highest BCUT2D eigenvalue weighted by Gasteiger charge is 2.02. The molecule has 0 saturated heterocycles. The first-order valence-electron chi connectivity index (χ1n) is 7.71. The van der Waals surface area contributed by atoms with Crippen LogP contribution in [0, 0.1) is 13.8 Å². The predicted octanol–water partition coefficient (Wildman–Crippen LogP) is 3.45. The summed E-state index contributed by atoms with van der Waals surface area (Å²) in [6, 6.07) is 6.43. The zero-order valence-corrected chi connectivity index (χ0v) is 14.0. The summed E-state index contributed by atoms with van der Waals surface area (Å²) >= 11 is 1.73. The number of thioether (sulfide) groups is 1. The van der Waals surface area contributed by atoms with Gasteiger partial charge in [0.25, 0.3) is 0 Å². The molecule has 0 unspecified atom stereocenters. The average molecular weight is 309 g/mol. The molecular formula is C17H27NO2S. The molecule has 1 aromatic rings. The van der Waals surface area contributed by atoms with Crippen molar-refractivity contribution in [2.45, 2.75) is 50.8 Å². The highest BCUT2D eigenvalue weighted by molar-refractivity contribution is 7.99. The van der Waals surface area contributed by atoms with Crippen molar-refractivity contribution in [3.8, 4) is 0 Å². The van der Waals surface area contributed by atoms with Crippen molar-refractivity contribution in [2.75, 3.05) is 18.9 Å². The van der Waals surface area contributed by atoms with Gasteiger partial charge in [-0.2, -0.15) is 0 Å². The van der Waals surface area contributed by atoms with Crippen LogP contribution in [-0.4, -0.2) is 29.9 Å². The number of rotatable bonds is 10. The zero-order valence-electron chi connectivity index (χ0n) is 13.2. The lowest BCUT2D eigenvalue weighted by molar-refractivity contribution is -0.120. The Morgan fingerprint density at radius 2 is 1.90 bits per heavy atom. The molecular weight excluding hydrogens is 282 g/mol. The molecule has 0 aliphatic carbocycles. The molecule has 1 rings (SSSR count). The Bertz CT molecular complexity index is 435. The number of hydrogen-bond donors (Lipinski definition) is 2. The lowest BCUT2D eigenvalue weighted by Crippen LogP contribution is -2.24. The fourth-order valence-corrected chi connectivity index (χ4v) is 2.92. The molecule has 1 aromatic carbocycles. The van der Waals surface area contributed by atoms with Crippen LogP contribution in [0.15, 0.2) is 23.1 Å². The molecule has 3 nitrogen and oxygen atoms in total. The van der Waals surface area contributed by atoms with E-state index in [1.54, 1.807) is 11.8 Å². The number of carbonyl (C=O) groups is 1. The van der Waals surface area contributed by atoms with Crippen LogP contribution in [0.1, 0.15) is 43.2 Å². The van der Waals surface area contributed by atoms with Gasteiger partial charge < -0.3 is 10.4 Å². The molecule has 2 N–H and O–H groups in total. The number of aliphatic hydroxyl groups is 1. The van der Waals surface area contributed by atoms with Crippen molar-refractivity contribution < 1.29 is 9.90 Å². The van der Waals surface area contributed by atoms with Crippen LogP contribution >= 0.6 is 11.8 Å². The van der Waals surface area contributed by atoms with Gasteiger partial charge in [-0.1, -0.05) is 18.9 Å². The van der Waals surface area contributed by atoms with Gasteiger partial charge in [0, 0.05) is 30.2 Å². The van der Waals surface area contributed by atoms with Crippen molar-refractivity contribution in [1.82, 2.24) is 5.32 Å². The third kappa shape index (κ3) is 8.12. The fraction of sp³-hybridized carbons (Fsp3) is 0.588. The van der Waals surface area contributed by atoms with Crippen molar-refractivity contribution in [3.63, 3.8) is 0 Å². The van der Waals surface area contributed by atoms with E-state index in [1.165, 1.54) is 16.0 Å². The summed E-state index contributed by atoms with van der Waals surface area (Å²) in [5.74, 6) is 0.951. The average Bonchev–Trinajstić information content (AvgIpc) is 2.46. The fourth-order valence-electron chi connectivity index (χ4n) is 1.97. The second-order valence-corrected chi connectivity index (χ2v) is 6.50. The zero-order chi connectivity index (χ0) is 15.5. The Labute approximate surface area is 132 Å². The molecule has 118 valence electrons. The Kier molecular flexibility index (Phi) is 9.19. The van der Waals surface area contributed by atoms with Gasteiger partial charge in [0.15, 0.2) is 0 Å². The first-order valence-corrected chi connectivity index (χ1v) is 8.69. The summed E-state index contributed by atoms with van der Waals surface area (Å²) in [5.41, 5.74) is 2.60. The Morgan fingerprint density at radius 1 is 1.14 bits per heavy atom. The summed E-state index contributed by atoms with van der Waals surface area (Å²) in [6.07, 6.45) is 4.53. The Hall–Kier alpha value is -1.00. The first kappa shape index (κ1) is 18.1. The van der Waals surface area contributed by atoms with Gasteiger partial charge in [0.1, 0.15) is 0 Å². The highest BCUT2D eigenvalue weighted by Crippen LogP contribution is 2.21. The normalized spacial score (nSPS) is 10.6. The third-order valence-electron chi connectivity index (χ3n) is 3.48. The number of nitrogens with one attached hydrogen (secondary N) is 1. The number of hydrogen-bond acceptors (Lipinski definition) is 3. The lowest BCUT2D eigenvalue weighted by atomic mass is 10.1. The van der Waals surface area contributed by atoms with E-state index in [0.29, 0.717) is 6.42 Å². The second-order valence-electron chi connectivity index (χ2n) is 5.33. The maximum atomic E-state index is 11.7. The number of unbranched alkanes of at least 4 members (excludes halogenated alkanes) is 3. The molecule has 1 amide bonds. The number of carbonyl (C=O) groups excluding carboxylic acids is 1. The molecule has 0 saturated carbocycles. The molecule has 4 heteroatoms. The van der Waals surface area contributed by atoms with E-state index in [1.807, 2.05) is 0 Å². The van der Waals surface area contributed by atoms with Gasteiger partial charge in [0.2, 0.25) is 5.91 Å². The van der Waals surface area contributed by atoms with Gasteiger partial charge in [-0.3, -0.25) is 4.79 Å². The van der Waals surface area contributed by atoms with Crippen LogP contribution in [0.5, 0.6) is 0 Å². The van der Waals surface area contributed by atoms with E-state index in [0.717, 1.165) is 38.0 Å². The van der Waals surface area contributed by atoms with Gasteiger partial charge in [-0.25, -0.2) is 0 Å². The second kappa shape index (κ2) is 10.7. The molecule has 0 aliphatic heterocycles. The largest absolute Gasteiger partial charge is 0.396 e. The number of aliphatic hydroxyl groups excluding tert-OH is 1. The van der Waals surface area contributed by atoms with Crippen LogP contribution in [0.4, 0.5) is 0 Å². The summed E-state index contributed by atoms with van der Waals surface area (Å²) in [5, 5.41) is 11.6. The summed E-state index contributed by atoms with van der Waals surface area (Å²) in [7, 11) is 0. The van der Waals surface area contributed by atoms with Crippen molar-refractivity contribution >= 4 is 17.7 Å². The van der Waals surface area contributed by atoms with E-state index in [2.05, 4.69) is 37.4 Å². The van der Waals surface area contributed by atoms with Crippen molar-refractivity contribution in [2.24, 2.45) is 0 Å². The quantitative estimate of drug-likeness (QED) is 0.514. The van der Waals surface area contributed by atoms with Gasteiger partial charge in [-0.05, 0) is 49.9 Å². The molecule has 0 heterocycles. The lowest BCUT2D eigenvalue weighted by Gasteiger charge is -2.06. The molecule has 0 aromatic heterocycles. The van der Waals surface area contributed by atoms with E-state index in [-0.39, 0.29) is 12.5 Å².